The first-order valence-corrected chi connectivity index (χ1v) is 18.5. The Morgan fingerprint density at radius 3 is 2.17 bits per heavy atom. The third-order valence-electron chi connectivity index (χ3n) is 11.8. The average Bonchev–Trinajstić information content (AvgIpc) is 3.58. The number of fused-ring (bicyclic) bond motifs is 4. The van der Waals surface area contributed by atoms with Crippen LogP contribution in [0.5, 0.6) is 17.2 Å². The number of phenols is 1. The van der Waals surface area contributed by atoms with Crippen LogP contribution in [-0.2, 0) is 31.0 Å². The van der Waals surface area contributed by atoms with Crippen molar-refractivity contribution >= 4 is 52.7 Å². The van der Waals surface area contributed by atoms with Crippen LogP contribution in [0, 0.1) is 29.6 Å². The van der Waals surface area contributed by atoms with Crippen LogP contribution in [0.4, 0.5) is 11.4 Å². The van der Waals surface area contributed by atoms with Crippen LogP contribution < -0.4 is 19.3 Å². The fourth-order valence-electron chi connectivity index (χ4n) is 9.34. The van der Waals surface area contributed by atoms with Crippen molar-refractivity contribution in [3.8, 4) is 17.2 Å². The normalized spacial score (nSPS) is 26.1. The lowest BCUT2D eigenvalue weighted by Crippen LogP contribution is -2.54. The van der Waals surface area contributed by atoms with Crippen molar-refractivity contribution in [2.75, 3.05) is 24.0 Å². The number of ether oxygens (including phenoxy) is 2. The minimum absolute atomic E-state index is 0.149. The third-order valence-corrected chi connectivity index (χ3v) is 12.0. The van der Waals surface area contributed by atoms with Gasteiger partial charge < -0.3 is 14.6 Å². The van der Waals surface area contributed by atoms with E-state index >= 15 is 4.79 Å². The molecular weight excluding hydrogens is 704 g/mol. The molecule has 0 spiro atoms. The number of hydrogen-bond acceptors (Lipinski definition) is 7. The maximum atomic E-state index is 15.4. The quantitative estimate of drug-likeness (QED) is 0.147. The molecule has 54 heavy (non-hydrogen) atoms. The van der Waals surface area contributed by atoms with Crippen LogP contribution in [-0.4, -0.2) is 43.0 Å². The second kappa shape index (κ2) is 13.6. The van der Waals surface area contributed by atoms with Crippen molar-refractivity contribution in [3.63, 3.8) is 0 Å². The summed E-state index contributed by atoms with van der Waals surface area (Å²) in [6, 6.07) is 26.8. The number of nitrogens with zero attached hydrogens (tertiary/aromatic N) is 2. The van der Waals surface area contributed by atoms with Gasteiger partial charge in [0.15, 0.2) is 11.5 Å². The molecule has 3 fully saturated rings. The summed E-state index contributed by atoms with van der Waals surface area (Å²) in [5, 5.41) is 11.0. The highest BCUT2D eigenvalue weighted by atomic mass is 35.5. The molecule has 4 aliphatic rings. The lowest BCUT2D eigenvalue weighted by Gasteiger charge is -2.49. The van der Waals surface area contributed by atoms with E-state index in [1.807, 2.05) is 79.7 Å². The van der Waals surface area contributed by atoms with Gasteiger partial charge in [-0.05, 0) is 84.3 Å². The smallest absolute Gasteiger partial charge is 0.246 e. The van der Waals surface area contributed by atoms with E-state index in [2.05, 4.69) is 0 Å². The summed E-state index contributed by atoms with van der Waals surface area (Å²) in [4.78, 5) is 61.5. The number of aryl methyl sites for hydroxylation is 1. The summed E-state index contributed by atoms with van der Waals surface area (Å²) in [6.07, 6.45) is 7.09. The molecule has 274 valence electrons. The van der Waals surface area contributed by atoms with Crippen molar-refractivity contribution in [2.24, 2.45) is 29.6 Å². The van der Waals surface area contributed by atoms with E-state index < -0.39 is 40.9 Å². The highest BCUT2D eigenvalue weighted by molar-refractivity contribution is 6.32. The zero-order valence-corrected chi connectivity index (χ0v) is 30.8. The van der Waals surface area contributed by atoms with Crippen LogP contribution in [0.1, 0.15) is 36.5 Å². The Kier molecular flexibility index (Phi) is 8.93. The van der Waals surface area contributed by atoms with Crippen molar-refractivity contribution in [1.82, 2.24) is 0 Å². The molecule has 0 unspecified atom stereocenters. The van der Waals surface area contributed by atoms with Gasteiger partial charge >= 0.3 is 0 Å². The molecule has 2 aliphatic carbocycles. The third kappa shape index (κ3) is 5.28. The zero-order valence-electron chi connectivity index (χ0n) is 30.1. The first kappa shape index (κ1) is 35.4. The molecule has 2 saturated heterocycles. The van der Waals surface area contributed by atoms with Gasteiger partial charge in [0.2, 0.25) is 29.4 Å². The number of anilines is 2. The standard InChI is InChI=1S/C44H39ClN2O7/c1-4-25-13-16-29(17-14-25)46-40(49)32-19-18-31-33(38(32)42(46)51)24-35-41(50)47(30-12-8-11-28(45)23-30)43(52)44(35,27-9-6-5-7-10-27)34(31)20-15-26-21-36(53-2)39(48)37(22-26)54-3/h5-18,20-23,32-35,38,48H,4,19,24H2,1-3H3/t32-,33+,34-,35-,38-,44-/m0/s1. The number of methoxy groups -OCH3 is 2. The molecule has 4 aromatic carbocycles. The Bertz CT molecular complexity index is 2230. The van der Waals surface area contributed by atoms with Crippen molar-refractivity contribution in [2.45, 2.75) is 31.6 Å². The maximum absolute atomic E-state index is 15.4. The van der Waals surface area contributed by atoms with Crippen molar-refractivity contribution < 1.29 is 33.8 Å². The van der Waals surface area contributed by atoms with E-state index in [9.17, 15) is 19.5 Å². The number of aromatic hydroxyl groups is 1. The number of benzene rings is 4. The summed E-state index contributed by atoms with van der Waals surface area (Å²) in [6.45, 7) is 2.05. The van der Waals surface area contributed by atoms with Gasteiger partial charge in [-0.15, -0.1) is 0 Å². The number of amides is 4. The van der Waals surface area contributed by atoms with Crippen LogP contribution in [0.3, 0.4) is 0 Å². The summed E-state index contributed by atoms with van der Waals surface area (Å²) < 4.78 is 10.9. The second-order valence-electron chi connectivity index (χ2n) is 14.3. The van der Waals surface area contributed by atoms with Gasteiger partial charge in [-0.1, -0.05) is 90.9 Å². The molecule has 10 heteroatoms. The van der Waals surface area contributed by atoms with Gasteiger partial charge in [0.05, 0.1) is 48.8 Å². The molecule has 2 aliphatic heterocycles. The van der Waals surface area contributed by atoms with E-state index in [1.54, 1.807) is 36.4 Å². The number of halogens is 1. The molecule has 8 rings (SSSR count). The van der Waals surface area contributed by atoms with E-state index in [0.717, 1.165) is 17.6 Å². The fourth-order valence-corrected chi connectivity index (χ4v) is 9.53. The van der Waals surface area contributed by atoms with Gasteiger partial charge in [-0.25, -0.2) is 4.90 Å². The minimum Gasteiger partial charge on any atom is -0.502 e. The predicted molar refractivity (Wildman–Crippen MR) is 205 cm³/mol. The highest BCUT2D eigenvalue weighted by Gasteiger charge is 2.69. The second-order valence-corrected chi connectivity index (χ2v) is 14.7. The summed E-state index contributed by atoms with van der Waals surface area (Å²) >= 11 is 6.42. The number of hydrogen-bond donors (Lipinski definition) is 1. The SMILES string of the molecule is CCc1ccc(N2C(=O)[C@H]3[C@H](CC=C4[C@H]3C[C@H]3C(=O)N(c5cccc(Cl)c5)C(=O)[C@@]3(c3ccccc3)[C@H]4C=Cc3cc(OC)c(O)c(OC)c3)C2=O)cc1. The monoisotopic (exact) mass is 742 g/mol. The molecule has 4 amide bonds. The first-order valence-electron chi connectivity index (χ1n) is 18.1. The maximum Gasteiger partial charge on any atom is 0.246 e. The van der Waals surface area contributed by atoms with Gasteiger partial charge in [0.1, 0.15) is 0 Å². The molecule has 4 aromatic rings. The number of phenolic OH excluding ortho intramolecular Hbond substituents is 1. The summed E-state index contributed by atoms with van der Waals surface area (Å²) in [5.74, 6) is -4.50. The van der Waals surface area contributed by atoms with Crippen LogP contribution in [0.2, 0.25) is 5.02 Å². The Hall–Kier alpha value is -5.67. The summed E-state index contributed by atoms with van der Waals surface area (Å²) in [7, 11) is 2.89. The summed E-state index contributed by atoms with van der Waals surface area (Å²) in [5.41, 5.74) is 2.70. The van der Waals surface area contributed by atoms with Crippen molar-refractivity contribution in [1.29, 1.82) is 0 Å². The number of carbonyl (C=O) groups is 4. The van der Waals surface area contributed by atoms with E-state index in [-0.39, 0.29) is 41.4 Å². The van der Waals surface area contributed by atoms with Crippen LogP contribution in [0.25, 0.3) is 6.08 Å². The number of rotatable bonds is 8. The first-order chi connectivity index (χ1) is 26.1. The van der Waals surface area contributed by atoms with Gasteiger partial charge in [0, 0.05) is 10.9 Å². The van der Waals surface area contributed by atoms with E-state index in [0.29, 0.717) is 33.9 Å². The molecule has 6 atom stereocenters. The lowest BCUT2D eigenvalue weighted by atomic mass is 9.50. The molecule has 0 aromatic heterocycles. The number of carbonyl (C=O) groups excluding carboxylic acids is 4. The molecule has 1 N–H and O–H groups in total. The number of allylic oxidation sites excluding steroid dienone is 3. The molecule has 0 radical (unpaired) electrons. The predicted octanol–water partition coefficient (Wildman–Crippen LogP) is 7.54. The fraction of sp³-hybridized carbons (Fsp3) is 0.273. The lowest BCUT2D eigenvalue weighted by molar-refractivity contribution is -0.128. The molecular formula is C44H39ClN2O7. The molecule has 9 nitrogen and oxygen atoms in total. The topological polar surface area (TPSA) is 113 Å². The molecule has 2 heterocycles. The Morgan fingerprint density at radius 2 is 1.52 bits per heavy atom. The Labute approximate surface area is 318 Å². The van der Waals surface area contributed by atoms with E-state index in [1.165, 1.54) is 24.0 Å². The highest BCUT2D eigenvalue weighted by Crippen LogP contribution is 2.62. The van der Waals surface area contributed by atoms with Gasteiger partial charge in [0.25, 0.3) is 0 Å². The van der Waals surface area contributed by atoms with Crippen LogP contribution >= 0.6 is 11.6 Å². The minimum atomic E-state index is -1.40. The van der Waals surface area contributed by atoms with Gasteiger partial charge in [-0.3, -0.25) is 24.1 Å². The number of imide groups is 2. The molecule has 1 saturated carbocycles. The zero-order chi connectivity index (χ0) is 37.9. The Morgan fingerprint density at radius 1 is 0.815 bits per heavy atom. The van der Waals surface area contributed by atoms with E-state index in [4.69, 9.17) is 21.1 Å². The van der Waals surface area contributed by atoms with Crippen molar-refractivity contribution in [3.05, 3.63) is 130 Å². The van der Waals surface area contributed by atoms with Crippen LogP contribution in [0.15, 0.2) is 109 Å². The Balaban J connectivity index is 1.32. The molecule has 0 bridgehead atoms. The average molecular weight is 743 g/mol. The van der Waals surface area contributed by atoms with Gasteiger partial charge in [-0.2, -0.15) is 0 Å². The largest absolute Gasteiger partial charge is 0.502 e.